The minimum Gasteiger partial charge on any atom is -0.372 e. The molecule has 2 atom stereocenters. The minimum atomic E-state index is 0.0709. The fourth-order valence-corrected chi connectivity index (χ4v) is 4.51. The Balaban J connectivity index is 1.47. The van der Waals surface area contributed by atoms with Crippen molar-refractivity contribution in [3.8, 4) is 0 Å². The van der Waals surface area contributed by atoms with Gasteiger partial charge < -0.3 is 9.64 Å². The van der Waals surface area contributed by atoms with Crippen molar-refractivity contribution in [3.05, 3.63) is 16.1 Å². The van der Waals surface area contributed by atoms with Crippen molar-refractivity contribution in [1.82, 2.24) is 19.7 Å². The van der Waals surface area contributed by atoms with E-state index in [0.717, 1.165) is 62.8 Å². The zero-order chi connectivity index (χ0) is 17.8. The van der Waals surface area contributed by atoms with E-state index in [2.05, 4.69) is 29.2 Å². The van der Waals surface area contributed by atoms with E-state index in [9.17, 15) is 4.79 Å². The summed E-state index contributed by atoms with van der Waals surface area (Å²) in [6.45, 7) is 10.2. The standard InChI is InChI=1S/C18H30N4O2S/c1-4-24-14(2)17-19-15(13-25-17)12-21-8-10-22(11-9-21)18(23)16-6-5-7-20(16)3/h13-14,16H,4-12H2,1-3H3/t14-,16-/m0/s1. The van der Waals surface area contributed by atoms with Gasteiger partial charge in [0, 0.05) is 44.7 Å². The maximum Gasteiger partial charge on any atom is 0.240 e. The smallest absolute Gasteiger partial charge is 0.240 e. The predicted molar refractivity (Wildman–Crippen MR) is 99.7 cm³/mol. The normalized spacial score (nSPS) is 24.0. The van der Waals surface area contributed by atoms with Crippen LogP contribution in [-0.2, 0) is 16.1 Å². The van der Waals surface area contributed by atoms with Crippen molar-refractivity contribution in [1.29, 1.82) is 0 Å². The molecule has 6 nitrogen and oxygen atoms in total. The molecule has 7 heteroatoms. The molecule has 0 aliphatic carbocycles. The van der Waals surface area contributed by atoms with Crippen LogP contribution < -0.4 is 0 Å². The van der Waals surface area contributed by atoms with E-state index in [1.54, 1.807) is 11.3 Å². The average molecular weight is 367 g/mol. The van der Waals surface area contributed by atoms with Crippen LogP contribution in [0, 0.1) is 0 Å². The van der Waals surface area contributed by atoms with Crippen LogP contribution >= 0.6 is 11.3 Å². The Labute approximate surface area is 154 Å². The molecule has 0 unspecified atom stereocenters. The number of amides is 1. The van der Waals surface area contributed by atoms with E-state index in [4.69, 9.17) is 9.72 Å². The molecule has 0 bridgehead atoms. The number of likely N-dealkylation sites (tertiary alicyclic amines) is 1. The summed E-state index contributed by atoms with van der Waals surface area (Å²) in [7, 11) is 2.06. The highest BCUT2D eigenvalue weighted by atomic mass is 32.1. The number of aromatic nitrogens is 1. The van der Waals surface area contributed by atoms with Crippen LogP contribution in [0.1, 0.15) is 43.5 Å². The molecule has 1 aromatic heterocycles. The average Bonchev–Trinajstić information content (AvgIpc) is 3.24. The number of nitrogens with zero attached hydrogens (tertiary/aromatic N) is 4. The Morgan fingerprint density at radius 2 is 2.12 bits per heavy atom. The Morgan fingerprint density at radius 1 is 1.36 bits per heavy atom. The van der Waals surface area contributed by atoms with Gasteiger partial charge in [-0.15, -0.1) is 11.3 Å². The minimum absolute atomic E-state index is 0.0709. The van der Waals surface area contributed by atoms with Gasteiger partial charge in [-0.25, -0.2) is 4.98 Å². The quantitative estimate of drug-likeness (QED) is 0.770. The van der Waals surface area contributed by atoms with Crippen molar-refractivity contribution in [2.45, 2.75) is 45.4 Å². The molecule has 0 radical (unpaired) electrons. The second kappa shape index (κ2) is 8.58. The number of carbonyl (C=O) groups excluding carboxylic acids is 1. The molecular formula is C18H30N4O2S. The maximum absolute atomic E-state index is 12.7. The van der Waals surface area contributed by atoms with Gasteiger partial charge in [-0.2, -0.15) is 0 Å². The molecule has 2 saturated heterocycles. The Bertz CT molecular complexity index is 571. The summed E-state index contributed by atoms with van der Waals surface area (Å²) < 4.78 is 5.62. The Hall–Kier alpha value is -1.02. The molecular weight excluding hydrogens is 336 g/mol. The summed E-state index contributed by atoms with van der Waals surface area (Å²) >= 11 is 1.68. The first-order chi connectivity index (χ1) is 12.1. The van der Waals surface area contributed by atoms with Gasteiger partial charge in [0.1, 0.15) is 11.1 Å². The fraction of sp³-hybridized carbons (Fsp3) is 0.778. The molecule has 1 aromatic rings. The van der Waals surface area contributed by atoms with Gasteiger partial charge in [0.25, 0.3) is 0 Å². The highest BCUT2D eigenvalue weighted by Gasteiger charge is 2.32. The second-order valence-corrected chi connectivity index (χ2v) is 7.90. The van der Waals surface area contributed by atoms with E-state index in [0.29, 0.717) is 12.5 Å². The number of rotatable bonds is 6. The van der Waals surface area contributed by atoms with Gasteiger partial charge in [0.15, 0.2) is 0 Å². The van der Waals surface area contributed by atoms with Crippen LogP contribution in [0.3, 0.4) is 0 Å². The van der Waals surface area contributed by atoms with Crippen molar-refractivity contribution in [2.75, 3.05) is 46.4 Å². The summed E-state index contributed by atoms with van der Waals surface area (Å²) in [5, 5.41) is 3.19. The summed E-state index contributed by atoms with van der Waals surface area (Å²) in [6, 6.07) is 0.104. The van der Waals surface area contributed by atoms with Gasteiger partial charge in [0.2, 0.25) is 5.91 Å². The molecule has 0 saturated carbocycles. The number of thiazole rings is 1. The lowest BCUT2D eigenvalue weighted by Gasteiger charge is -2.36. The van der Waals surface area contributed by atoms with Crippen LogP contribution in [0.5, 0.6) is 0 Å². The molecule has 0 N–H and O–H groups in total. The maximum atomic E-state index is 12.7. The van der Waals surface area contributed by atoms with Crippen molar-refractivity contribution in [2.24, 2.45) is 0 Å². The number of piperazine rings is 1. The Morgan fingerprint density at radius 3 is 2.76 bits per heavy atom. The highest BCUT2D eigenvalue weighted by Crippen LogP contribution is 2.22. The van der Waals surface area contributed by atoms with Crippen molar-refractivity contribution < 1.29 is 9.53 Å². The molecule has 140 valence electrons. The topological polar surface area (TPSA) is 48.9 Å². The molecule has 3 rings (SSSR count). The van der Waals surface area contributed by atoms with Crippen LogP contribution in [0.2, 0.25) is 0 Å². The third-order valence-corrected chi connectivity index (χ3v) is 6.26. The molecule has 0 aromatic carbocycles. The largest absolute Gasteiger partial charge is 0.372 e. The van der Waals surface area contributed by atoms with Gasteiger partial charge in [-0.05, 0) is 40.3 Å². The summed E-state index contributed by atoms with van der Waals surface area (Å²) in [5.74, 6) is 0.320. The van der Waals surface area contributed by atoms with Crippen LogP contribution in [0.4, 0.5) is 0 Å². The van der Waals surface area contributed by atoms with Crippen LogP contribution in [0.15, 0.2) is 5.38 Å². The van der Waals surface area contributed by atoms with Crippen molar-refractivity contribution >= 4 is 17.2 Å². The van der Waals surface area contributed by atoms with E-state index >= 15 is 0 Å². The fourth-order valence-electron chi connectivity index (χ4n) is 3.69. The van der Waals surface area contributed by atoms with Crippen LogP contribution in [0.25, 0.3) is 0 Å². The summed E-state index contributed by atoms with van der Waals surface area (Å²) in [4.78, 5) is 24.0. The number of hydrogen-bond acceptors (Lipinski definition) is 6. The molecule has 2 aliphatic rings. The third-order valence-electron chi connectivity index (χ3n) is 5.21. The van der Waals surface area contributed by atoms with Gasteiger partial charge in [0.05, 0.1) is 11.7 Å². The van der Waals surface area contributed by atoms with E-state index in [1.165, 1.54) is 0 Å². The molecule has 1 amide bonds. The molecule has 2 aliphatic heterocycles. The lowest BCUT2D eigenvalue weighted by Crippen LogP contribution is -2.52. The van der Waals surface area contributed by atoms with Gasteiger partial charge >= 0.3 is 0 Å². The highest BCUT2D eigenvalue weighted by molar-refractivity contribution is 7.09. The number of carbonyl (C=O) groups is 1. The molecule has 0 spiro atoms. The first kappa shape index (κ1) is 18.8. The summed E-state index contributed by atoms with van der Waals surface area (Å²) in [5.41, 5.74) is 1.11. The third kappa shape index (κ3) is 4.58. The first-order valence-electron chi connectivity index (χ1n) is 9.35. The zero-order valence-corrected chi connectivity index (χ0v) is 16.4. The SMILES string of the molecule is CCO[C@@H](C)c1nc(CN2CCN(C(=O)[C@@H]3CCCN3C)CC2)cs1. The second-order valence-electron chi connectivity index (χ2n) is 7.01. The molecule has 25 heavy (non-hydrogen) atoms. The predicted octanol–water partition coefficient (Wildman–Crippen LogP) is 1.98. The summed E-state index contributed by atoms with van der Waals surface area (Å²) in [6.07, 6.45) is 2.22. The lowest BCUT2D eigenvalue weighted by atomic mass is 10.1. The van der Waals surface area contributed by atoms with Gasteiger partial charge in [-0.3, -0.25) is 14.6 Å². The lowest BCUT2D eigenvalue weighted by molar-refractivity contribution is -0.137. The molecule has 3 heterocycles. The van der Waals surface area contributed by atoms with Crippen molar-refractivity contribution in [3.63, 3.8) is 0 Å². The number of likely N-dealkylation sites (N-methyl/N-ethyl adjacent to an activating group) is 1. The van der Waals surface area contributed by atoms with Gasteiger partial charge in [-0.1, -0.05) is 0 Å². The zero-order valence-electron chi connectivity index (χ0n) is 15.6. The number of ether oxygens (including phenoxy) is 1. The van der Waals surface area contributed by atoms with E-state index in [-0.39, 0.29) is 12.1 Å². The monoisotopic (exact) mass is 366 g/mol. The Kier molecular flexibility index (Phi) is 6.44. The first-order valence-corrected chi connectivity index (χ1v) is 10.2. The molecule has 2 fully saturated rings. The van der Waals surface area contributed by atoms with E-state index < -0.39 is 0 Å². The van der Waals surface area contributed by atoms with E-state index in [1.807, 2.05) is 11.8 Å². The van der Waals surface area contributed by atoms with Crippen LogP contribution in [-0.4, -0.2) is 78.0 Å². The number of hydrogen-bond donors (Lipinski definition) is 0.